The van der Waals surface area contributed by atoms with Crippen LogP contribution in [0.4, 0.5) is 5.69 Å². The molecule has 0 aliphatic rings. The molecular formula is C28H28ClNO4. The first-order chi connectivity index (χ1) is 16.4. The van der Waals surface area contributed by atoms with Crippen LogP contribution >= 0.6 is 11.6 Å². The highest BCUT2D eigenvalue weighted by molar-refractivity contribution is 6.31. The lowest BCUT2D eigenvalue weighted by atomic mass is 10.0. The fraction of sp³-hybridized carbons (Fsp3) is 0.214. The van der Waals surface area contributed by atoms with Crippen LogP contribution in [0.3, 0.4) is 0 Å². The summed E-state index contributed by atoms with van der Waals surface area (Å²) in [5, 5.41) is 3.19. The number of nitrogens with one attached hydrogen (secondary N) is 1. The maximum absolute atomic E-state index is 12.9. The molecule has 0 saturated carbocycles. The average molecular weight is 478 g/mol. The van der Waals surface area contributed by atoms with E-state index in [9.17, 15) is 9.59 Å². The molecular weight excluding hydrogens is 450 g/mol. The van der Waals surface area contributed by atoms with Crippen molar-refractivity contribution in [2.45, 2.75) is 20.3 Å². The molecule has 0 fully saturated rings. The van der Waals surface area contributed by atoms with Gasteiger partial charge in [-0.05, 0) is 54.3 Å². The number of methoxy groups -OCH3 is 1. The van der Waals surface area contributed by atoms with Crippen molar-refractivity contribution in [2.75, 3.05) is 19.0 Å². The summed E-state index contributed by atoms with van der Waals surface area (Å²) in [6.07, 6.45) is 4.02. The van der Waals surface area contributed by atoms with Gasteiger partial charge in [-0.15, -0.1) is 0 Å². The Labute approximate surface area is 205 Å². The number of rotatable bonds is 10. The topological polar surface area (TPSA) is 64.6 Å². The van der Waals surface area contributed by atoms with Crippen molar-refractivity contribution >= 4 is 35.1 Å². The lowest BCUT2D eigenvalue weighted by molar-refractivity contribution is -0.111. The summed E-state index contributed by atoms with van der Waals surface area (Å²) in [6, 6.07) is 19.1. The zero-order chi connectivity index (χ0) is 24.5. The fourth-order valence-electron chi connectivity index (χ4n) is 3.22. The molecule has 0 unspecified atom stereocenters. The maximum atomic E-state index is 12.9. The zero-order valence-corrected chi connectivity index (χ0v) is 20.3. The fourth-order valence-corrected chi connectivity index (χ4v) is 3.39. The quantitative estimate of drug-likeness (QED) is 0.262. The Hall–Kier alpha value is -3.57. The van der Waals surface area contributed by atoms with Crippen molar-refractivity contribution in [3.63, 3.8) is 0 Å². The van der Waals surface area contributed by atoms with Gasteiger partial charge in [-0.3, -0.25) is 9.59 Å². The first-order valence-corrected chi connectivity index (χ1v) is 11.4. The van der Waals surface area contributed by atoms with Crippen LogP contribution in [-0.2, 0) is 4.79 Å². The third-order valence-electron chi connectivity index (χ3n) is 5.09. The van der Waals surface area contributed by atoms with Gasteiger partial charge in [0, 0.05) is 22.2 Å². The smallest absolute Gasteiger partial charge is 0.248 e. The summed E-state index contributed by atoms with van der Waals surface area (Å²) in [4.78, 5) is 25.6. The minimum absolute atomic E-state index is 0.222. The SMILES string of the molecule is COc1cc(C=CC(=O)Nc2ccc(Cl)cc2C(=O)c2ccccc2)ccc1OCCC(C)C. The molecule has 6 heteroatoms. The van der Waals surface area contributed by atoms with E-state index in [1.54, 1.807) is 61.7 Å². The Kier molecular flexibility index (Phi) is 8.88. The van der Waals surface area contributed by atoms with E-state index in [-0.39, 0.29) is 11.7 Å². The van der Waals surface area contributed by atoms with E-state index in [2.05, 4.69) is 19.2 Å². The third-order valence-corrected chi connectivity index (χ3v) is 5.32. The van der Waals surface area contributed by atoms with E-state index in [0.29, 0.717) is 45.9 Å². The van der Waals surface area contributed by atoms with Gasteiger partial charge in [-0.2, -0.15) is 0 Å². The van der Waals surface area contributed by atoms with Gasteiger partial charge in [0.15, 0.2) is 17.3 Å². The number of carbonyl (C=O) groups is 2. The highest BCUT2D eigenvalue weighted by atomic mass is 35.5. The summed E-state index contributed by atoms with van der Waals surface area (Å²) >= 11 is 6.11. The third kappa shape index (κ3) is 6.96. The number of hydrogen-bond acceptors (Lipinski definition) is 4. The molecule has 176 valence electrons. The number of carbonyl (C=O) groups excluding carboxylic acids is 2. The molecule has 3 aromatic rings. The van der Waals surface area contributed by atoms with Gasteiger partial charge in [0.1, 0.15) is 0 Å². The molecule has 0 saturated heterocycles. The van der Waals surface area contributed by atoms with Crippen molar-refractivity contribution in [3.05, 3.63) is 94.5 Å². The maximum Gasteiger partial charge on any atom is 0.248 e. The largest absolute Gasteiger partial charge is 0.493 e. The number of halogens is 1. The van der Waals surface area contributed by atoms with Crippen LogP contribution in [0, 0.1) is 5.92 Å². The molecule has 34 heavy (non-hydrogen) atoms. The molecule has 1 N–H and O–H groups in total. The molecule has 0 aliphatic carbocycles. The predicted octanol–water partition coefficient (Wildman–Crippen LogP) is 6.66. The number of benzene rings is 3. The van der Waals surface area contributed by atoms with E-state index in [0.717, 1.165) is 12.0 Å². The highest BCUT2D eigenvalue weighted by Crippen LogP contribution is 2.29. The Bertz CT molecular complexity index is 1170. The van der Waals surface area contributed by atoms with Gasteiger partial charge in [0.2, 0.25) is 5.91 Å². The molecule has 3 aromatic carbocycles. The zero-order valence-electron chi connectivity index (χ0n) is 19.5. The molecule has 0 heterocycles. The molecule has 0 radical (unpaired) electrons. The molecule has 3 rings (SSSR count). The Morgan fingerprint density at radius 1 is 1.00 bits per heavy atom. The van der Waals surface area contributed by atoms with Crippen molar-refractivity contribution in [3.8, 4) is 11.5 Å². The number of amides is 1. The van der Waals surface area contributed by atoms with Crippen LogP contribution < -0.4 is 14.8 Å². The van der Waals surface area contributed by atoms with E-state index in [4.69, 9.17) is 21.1 Å². The summed E-state index contributed by atoms with van der Waals surface area (Å²) in [7, 11) is 1.58. The van der Waals surface area contributed by atoms with Crippen LogP contribution in [0.15, 0.2) is 72.8 Å². The normalized spacial score (nSPS) is 11.0. The Morgan fingerprint density at radius 3 is 2.47 bits per heavy atom. The van der Waals surface area contributed by atoms with E-state index in [1.807, 2.05) is 18.2 Å². The van der Waals surface area contributed by atoms with Crippen molar-refractivity contribution < 1.29 is 19.1 Å². The highest BCUT2D eigenvalue weighted by Gasteiger charge is 2.15. The predicted molar refractivity (Wildman–Crippen MR) is 137 cm³/mol. The van der Waals surface area contributed by atoms with Crippen LogP contribution in [0.1, 0.15) is 41.8 Å². The second-order valence-electron chi connectivity index (χ2n) is 8.15. The Balaban J connectivity index is 1.72. The molecule has 0 bridgehead atoms. The van der Waals surface area contributed by atoms with E-state index < -0.39 is 0 Å². The molecule has 1 amide bonds. The van der Waals surface area contributed by atoms with E-state index >= 15 is 0 Å². The molecule has 0 aromatic heterocycles. The summed E-state index contributed by atoms with van der Waals surface area (Å²) in [6.45, 7) is 4.89. The first-order valence-electron chi connectivity index (χ1n) is 11.1. The molecule has 0 atom stereocenters. The van der Waals surface area contributed by atoms with Crippen molar-refractivity contribution in [2.24, 2.45) is 5.92 Å². The van der Waals surface area contributed by atoms with Crippen LogP contribution in [-0.4, -0.2) is 25.4 Å². The Morgan fingerprint density at radius 2 is 1.76 bits per heavy atom. The van der Waals surface area contributed by atoms with Gasteiger partial charge < -0.3 is 14.8 Å². The van der Waals surface area contributed by atoms with Gasteiger partial charge in [0.25, 0.3) is 0 Å². The van der Waals surface area contributed by atoms with Crippen molar-refractivity contribution in [1.82, 2.24) is 0 Å². The molecule has 5 nitrogen and oxygen atoms in total. The molecule has 0 aliphatic heterocycles. The van der Waals surface area contributed by atoms with Gasteiger partial charge in [-0.1, -0.05) is 61.8 Å². The van der Waals surface area contributed by atoms with Crippen LogP contribution in [0.25, 0.3) is 6.08 Å². The number of hydrogen-bond donors (Lipinski definition) is 1. The minimum Gasteiger partial charge on any atom is -0.493 e. The minimum atomic E-state index is -0.374. The van der Waals surface area contributed by atoms with Crippen LogP contribution in [0.5, 0.6) is 11.5 Å². The van der Waals surface area contributed by atoms with E-state index in [1.165, 1.54) is 6.08 Å². The number of ether oxygens (including phenoxy) is 2. The molecule has 0 spiro atoms. The standard InChI is InChI=1S/C28H28ClNO4/c1-19(2)15-16-34-25-13-9-20(17-26(25)33-3)10-14-27(31)30-24-12-11-22(29)18-23(24)28(32)21-7-5-4-6-8-21/h4-14,17-19H,15-16H2,1-3H3,(H,30,31). The van der Waals surface area contributed by atoms with Crippen molar-refractivity contribution in [1.29, 1.82) is 0 Å². The number of anilines is 1. The summed E-state index contributed by atoms with van der Waals surface area (Å²) in [5.41, 5.74) is 2.00. The van der Waals surface area contributed by atoms with Crippen LogP contribution in [0.2, 0.25) is 5.02 Å². The monoisotopic (exact) mass is 477 g/mol. The lowest BCUT2D eigenvalue weighted by Gasteiger charge is -2.12. The second kappa shape index (κ2) is 12.1. The summed E-state index contributed by atoms with van der Waals surface area (Å²) in [5.74, 6) is 1.21. The van der Waals surface area contributed by atoms with Gasteiger partial charge in [0.05, 0.1) is 19.4 Å². The summed E-state index contributed by atoms with van der Waals surface area (Å²) < 4.78 is 11.2. The van der Waals surface area contributed by atoms with Gasteiger partial charge >= 0.3 is 0 Å². The lowest BCUT2D eigenvalue weighted by Crippen LogP contribution is -2.12. The first kappa shape index (κ1) is 25.1. The number of ketones is 1. The second-order valence-corrected chi connectivity index (χ2v) is 8.59. The van der Waals surface area contributed by atoms with Gasteiger partial charge in [-0.25, -0.2) is 0 Å². The average Bonchev–Trinajstić information content (AvgIpc) is 2.84.